The minimum atomic E-state index is -0.453. The second-order valence-electron chi connectivity index (χ2n) is 6.31. The number of hydrogen-bond donors (Lipinski definition) is 3. The van der Waals surface area contributed by atoms with E-state index >= 15 is 0 Å². The molecule has 5 nitrogen and oxygen atoms in total. The van der Waals surface area contributed by atoms with Gasteiger partial charge in [0.05, 0.1) is 23.8 Å². The van der Waals surface area contributed by atoms with Gasteiger partial charge < -0.3 is 15.7 Å². The third-order valence-corrected chi connectivity index (χ3v) is 4.74. The van der Waals surface area contributed by atoms with Gasteiger partial charge >= 0.3 is 0 Å². The van der Waals surface area contributed by atoms with E-state index in [-0.39, 0.29) is 12.5 Å². The molecule has 2 aromatic carbocycles. The summed E-state index contributed by atoms with van der Waals surface area (Å²) in [7, 11) is 0. The molecule has 2 aromatic rings. The summed E-state index contributed by atoms with van der Waals surface area (Å²) in [6.07, 6.45) is 2.07. The number of fused-ring (bicyclic) bond motifs is 1. The second kappa shape index (κ2) is 7.47. The van der Waals surface area contributed by atoms with E-state index in [0.29, 0.717) is 24.2 Å². The van der Waals surface area contributed by atoms with Crippen molar-refractivity contribution in [2.45, 2.75) is 24.8 Å². The van der Waals surface area contributed by atoms with Crippen LogP contribution in [0.1, 0.15) is 29.5 Å². The van der Waals surface area contributed by atoms with Crippen LogP contribution in [0.4, 0.5) is 5.69 Å². The third kappa shape index (κ3) is 3.71. The first-order valence-electron chi connectivity index (χ1n) is 8.41. The zero-order valence-corrected chi connectivity index (χ0v) is 14.0. The molecule has 3 rings (SSSR count). The van der Waals surface area contributed by atoms with Crippen LogP contribution in [-0.2, 0) is 16.8 Å². The van der Waals surface area contributed by atoms with Crippen LogP contribution in [0, 0.1) is 11.3 Å². The molecular formula is C20H21N3O2. The zero-order chi connectivity index (χ0) is 17.7. The Morgan fingerprint density at radius 2 is 1.96 bits per heavy atom. The van der Waals surface area contributed by atoms with Crippen molar-refractivity contribution in [3.63, 3.8) is 0 Å². The number of anilines is 1. The average Bonchev–Trinajstić information content (AvgIpc) is 3.02. The molecule has 1 aliphatic rings. The van der Waals surface area contributed by atoms with Gasteiger partial charge in [-0.3, -0.25) is 4.79 Å². The van der Waals surface area contributed by atoms with Crippen molar-refractivity contribution in [2.24, 2.45) is 0 Å². The quantitative estimate of drug-likeness (QED) is 0.756. The summed E-state index contributed by atoms with van der Waals surface area (Å²) in [6, 6.07) is 16.9. The molecule has 128 valence electrons. The number of nitrogens with one attached hydrogen (secondary N) is 2. The number of benzene rings is 2. The number of nitriles is 1. The SMILES string of the molecule is N#Cc1ccc(NC(=O)CCNC2(CO)CCc3ccccc32)cc1. The number of carbonyl (C=O) groups excluding carboxylic acids is 1. The molecule has 0 aliphatic heterocycles. The molecule has 3 N–H and O–H groups in total. The largest absolute Gasteiger partial charge is 0.394 e. The fourth-order valence-electron chi connectivity index (χ4n) is 3.36. The van der Waals surface area contributed by atoms with Crippen LogP contribution in [0.3, 0.4) is 0 Å². The molecule has 0 radical (unpaired) electrons. The van der Waals surface area contributed by atoms with Crippen molar-refractivity contribution in [3.05, 3.63) is 65.2 Å². The highest BCUT2D eigenvalue weighted by atomic mass is 16.3. The lowest BCUT2D eigenvalue weighted by Crippen LogP contribution is -2.45. The first-order chi connectivity index (χ1) is 12.2. The number of amides is 1. The van der Waals surface area contributed by atoms with Crippen LogP contribution >= 0.6 is 0 Å². The van der Waals surface area contributed by atoms with Crippen molar-refractivity contribution >= 4 is 11.6 Å². The van der Waals surface area contributed by atoms with Crippen LogP contribution in [0.15, 0.2) is 48.5 Å². The van der Waals surface area contributed by atoms with E-state index in [1.54, 1.807) is 24.3 Å². The minimum Gasteiger partial charge on any atom is -0.394 e. The highest BCUT2D eigenvalue weighted by Crippen LogP contribution is 2.36. The van der Waals surface area contributed by atoms with E-state index < -0.39 is 5.54 Å². The summed E-state index contributed by atoms with van der Waals surface area (Å²) >= 11 is 0. The van der Waals surface area contributed by atoms with Crippen LogP contribution < -0.4 is 10.6 Å². The number of nitrogens with zero attached hydrogens (tertiary/aromatic N) is 1. The number of aliphatic hydroxyl groups excluding tert-OH is 1. The van der Waals surface area contributed by atoms with Crippen molar-refractivity contribution < 1.29 is 9.90 Å². The van der Waals surface area contributed by atoms with Gasteiger partial charge in [-0.1, -0.05) is 24.3 Å². The predicted octanol–water partition coefficient (Wildman–Crippen LogP) is 2.31. The number of aliphatic hydroxyl groups is 1. The zero-order valence-electron chi connectivity index (χ0n) is 14.0. The molecule has 1 aliphatic carbocycles. The molecule has 0 spiro atoms. The maximum atomic E-state index is 12.1. The predicted molar refractivity (Wildman–Crippen MR) is 95.9 cm³/mol. The summed E-state index contributed by atoms with van der Waals surface area (Å²) < 4.78 is 0. The first kappa shape index (κ1) is 17.2. The summed E-state index contributed by atoms with van der Waals surface area (Å²) in [5, 5.41) is 24.9. The summed E-state index contributed by atoms with van der Waals surface area (Å²) in [5.74, 6) is -0.100. The molecule has 1 unspecified atom stereocenters. The van der Waals surface area contributed by atoms with E-state index in [9.17, 15) is 9.90 Å². The summed E-state index contributed by atoms with van der Waals surface area (Å²) in [5.41, 5.74) is 3.17. The Balaban J connectivity index is 1.55. The van der Waals surface area contributed by atoms with Crippen LogP contribution in [0.25, 0.3) is 0 Å². The van der Waals surface area contributed by atoms with Gasteiger partial charge in [0.25, 0.3) is 0 Å². The Morgan fingerprint density at radius 3 is 2.68 bits per heavy atom. The van der Waals surface area contributed by atoms with Crippen molar-refractivity contribution in [3.8, 4) is 6.07 Å². The highest BCUT2D eigenvalue weighted by molar-refractivity contribution is 5.90. The standard InChI is InChI=1S/C20H21N3O2/c21-13-15-5-7-17(8-6-15)23-19(25)10-12-22-20(14-24)11-9-16-3-1-2-4-18(16)20/h1-8,22,24H,9-12,14H2,(H,23,25). The lowest BCUT2D eigenvalue weighted by molar-refractivity contribution is -0.116. The van der Waals surface area contributed by atoms with E-state index in [0.717, 1.165) is 18.4 Å². The number of hydrogen-bond acceptors (Lipinski definition) is 4. The Labute approximate surface area is 147 Å². The molecule has 0 fully saturated rings. The van der Waals surface area contributed by atoms with E-state index in [1.807, 2.05) is 24.3 Å². The monoisotopic (exact) mass is 335 g/mol. The van der Waals surface area contributed by atoms with Gasteiger partial charge in [-0.25, -0.2) is 0 Å². The Bertz CT molecular complexity index is 795. The Kier molecular flexibility index (Phi) is 5.13. The highest BCUT2D eigenvalue weighted by Gasteiger charge is 2.37. The van der Waals surface area contributed by atoms with Crippen molar-refractivity contribution in [1.82, 2.24) is 5.32 Å². The number of aryl methyl sites for hydroxylation is 1. The molecule has 0 heterocycles. The van der Waals surface area contributed by atoms with Crippen LogP contribution in [0.2, 0.25) is 0 Å². The normalized spacial score (nSPS) is 18.4. The average molecular weight is 335 g/mol. The van der Waals surface area contributed by atoms with Crippen molar-refractivity contribution in [2.75, 3.05) is 18.5 Å². The maximum Gasteiger partial charge on any atom is 0.225 e. The fourth-order valence-corrected chi connectivity index (χ4v) is 3.36. The Hall–Kier alpha value is -2.68. The van der Waals surface area contributed by atoms with Gasteiger partial charge in [0, 0.05) is 18.7 Å². The molecule has 0 saturated carbocycles. The van der Waals surface area contributed by atoms with E-state index in [4.69, 9.17) is 5.26 Å². The molecule has 0 aromatic heterocycles. The minimum absolute atomic E-state index is 0.0151. The second-order valence-corrected chi connectivity index (χ2v) is 6.31. The van der Waals surface area contributed by atoms with Gasteiger partial charge in [0.15, 0.2) is 0 Å². The van der Waals surface area contributed by atoms with Gasteiger partial charge in [0.2, 0.25) is 5.91 Å². The van der Waals surface area contributed by atoms with Crippen LogP contribution in [-0.4, -0.2) is 24.2 Å². The number of rotatable bonds is 6. The molecule has 1 amide bonds. The maximum absolute atomic E-state index is 12.1. The lowest BCUT2D eigenvalue weighted by Gasteiger charge is -2.29. The third-order valence-electron chi connectivity index (χ3n) is 4.74. The van der Waals surface area contributed by atoms with E-state index in [1.165, 1.54) is 5.56 Å². The molecule has 0 bridgehead atoms. The first-order valence-corrected chi connectivity index (χ1v) is 8.41. The number of carbonyl (C=O) groups is 1. The molecule has 25 heavy (non-hydrogen) atoms. The Morgan fingerprint density at radius 1 is 1.20 bits per heavy atom. The molecular weight excluding hydrogens is 314 g/mol. The molecule has 5 heteroatoms. The van der Waals surface area contributed by atoms with Crippen LogP contribution in [0.5, 0.6) is 0 Å². The van der Waals surface area contributed by atoms with Gasteiger partial charge in [-0.05, 0) is 48.2 Å². The van der Waals surface area contributed by atoms with Gasteiger partial charge in [0.1, 0.15) is 0 Å². The van der Waals surface area contributed by atoms with Gasteiger partial charge in [-0.15, -0.1) is 0 Å². The lowest BCUT2D eigenvalue weighted by atomic mass is 9.92. The summed E-state index contributed by atoms with van der Waals surface area (Å²) in [6.45, 7) is 0.498. The molecule has 0 saturated heterocycles. The summed E-state index contributed by atoms with van der Waals surface area (Å²) in [4.78, 5) is 12.1. The smallest absolute Gasteiger partial charge is 0.225 e. The van der Waals surface area contributed by atoms with Gasteiger partial charge in [-0.2, -0.15) is 5.26 Å². The molecule has 1 atom stereocenters. The van der Waals surface area contributed by atoms with Crippen molar-refractivity contribution in [1.29, 1.82) is 5.26 Å². The topological polar surface area (TPSA) is 85.2 Å². The van der Waals surface area contributed by atoms with E-state index in [2.05, 4.69) is 16.7 Å². The fraction of sp³-hybridized carbons (Fsp3) is 0.300.